The van der Waals surface area contributed by atoms with Crippen molar-refractivity contribution in [1.82, 2.24) is 9.55 Å². The van der Waals surface area contributed by atoms with Crippen LogP contribution in [0.15, 0.2) is 18.5 Å². The van der Waals surface area contributed by atoms with Crippen molar-refractivity contribution in [3.63, 3.8) is 0 Å². The Morgan fingerprint density at radius 3 is 2.79 bits per heavy atom. The van der Waals surface area contributed by atoms with E-state index < -0.39 is 6.04 Å². The van der Waals surface area contributed by atoms with E-state index in [1.807, 2.05) is 10.6 Å². The molecule has 1 heterocycles. The third kappa shape index (κ3) is 2.76. The van der Waals surface area contributed by atoms with Crippen molar-refractivity contribution in [3.8, 4) is 0 Å². The summed E-state index contributed by atoms with van der Waals surface area (Å²) >= 11 is 0. The van der Waals surface area contributed by atoms with E-state index in [4.69, 9.17) is 10.5 Å². The molecule has 1 unspecified atom stereocenters. The average Bonchev–Trinajstić information content (AvgIpc) is 2.73. The summed E-state index contributed by atoms with van der Waals surface area (Å²) < 4.78 is 6.80. The molecule has 19 heavy (non-hydrogen) atoms. The van der Waals surface area contributed by atoms with Gasteiger partial charge in [-0.2, -0.15) is 0 Å². The van der Waals surface area contributed by atoms with Gasteiger partial charge in [0, 0.05) is 0 Å². The molecule has 1 aromatic carbocycles. The number of fused-ring (bicyclic) bond motifs is 1. The Labute approximate surface area is 112 Å². The van der Waals surface area contributed by atoms with Crippen LogP contribution in [0.2, 0.25) is 0 Å². The summed E-state index contributed by atoms with van der Waals surface area (Å²) in [6, 6.07) is 3.44. The van der Waals surface area contributed by atoms with Gasteiger partial charge < -0.3 is 15.0 Å². The van der Waals surface area contributed by atoms with Gasteiger partial charge in [0.15, 0.2) is 0 Å². The van der Waals surface area contributed by atoms with Gasteiger partial charge in [0.1, 0.15) is 6.04 Å². The molecule has 2 N–H and O–H groups in total. The fourth-order valence-electron chi connectivity index (χ4n) is 1.99. The number of benzene rings is 1. The summed E-state index contributed by atoms with van der Waals surface area (Å²) in [5, 5.41) is 0. The smallest absolute Gasteiger partial charge is 0.324 e. The SMILES string of the molecule is CCOC(=O)C(N)Cn1cnc2cc(C)c(C)cc21. The van der Waals surface area contributed by atoms with Gasteiger partial charge in [0.05, 0.1) is 30.5 Å². The maximum atomic E-state index is 11.5. The van der Waals surface area contributed by atoms with Crippen molar-refractivity contribution in [2.45, 2.75) is 33.4 Å². The Kier molecular flexibility index (Phi) is 3.85. The maximum Gasteiger partial charge on any atom is 0.324 e. The van der Waals surface area contributed by atoms with Crippen LogP contribution in [-0.4, -0.2) is 28.2 Å². The van der Waals surface area contributed by atoms with Crippen molar-refractivity contribution in [2.24, 2.45) is 5.73 Å². The van der Waals surface area contributed by atoms with Crippen LogP contribution >= 0.6 is 0 Å². The molecule has 5 nitrogen and oxygen atoms in total. The molecule has 0 spiro atoms. The molecule has 1 aromatic heterocycles. The third-order valence-electron chi connectivity index (χ3n) is 3.22. The number of carbonyl (C=O) groups is 1. The molecule has 0 saturated heterocycles. The standard InChI is InChI=1S/C14H19N3O2/c1-4-19-14(18)11(15)7-17-8-16-12-5-9(2)10(3)6-13(12)17/h5-6,8,11H,4,7,15H2,1-3H3. The highest BCUT2D eigenvalue weighted by molar-refractivity contribution is 5.78. The third-order valence-corrected chi connectivity index (χ3v) is 3.22. The first-order chi connectivity index (χ1) is 9.02. The predicted octanol–water partition coefficient (Wildman–Crippen LogP) is 1.54. The molecule has 0 bridgehead atoms. The Bertz CT molecular complexity index is 604. The van der Waals surface area contributed by atoms with Gasteiger partial charge in [-0.05, 0) is 44.0 Å². The van der Waals surface area contributed by atoms with Crippen LogP contribution in [0, 0.1) is 13.8 Å². The highest BCUT2D eigenvalue weighted by Crippen LogP contribution is 2.18. The number of nitrogens with two attached hydrogens (primary N) is 1. The number of hydrogen-bond acceptors (Lipinski definition) is 4. The molecule has 0 aliphatic carbocycles. The van der Waals surface area contributed by atoms with Crippen LogP contribution in [0.1, 0.15) is 18.1 Å². The molecule has 0 aliphatic rings. The minimum absolute atomic E-state index is 0.343. The molecule has 0 radical (unpaired) electrons. The molecule has 1 atom stereocenters. The first-order valence-corrected chi connectivity index (χ1v) is 6.37. The highest BCUT2D eigenvalue weighted by atomic mass is 16.5. The molecule has 102 valence electrons. The zero-order chi connectivity index (χ0) is 14.0. The largest absolute Gasteiger partial charge is 0.465 e. The van der Waals surface area contributed by atoms with Crippen LogP contribution in [-0.2, 0) is 16.1 Å². The number of rotatable bonds is 4. The molecule has 0 fully saturated rings. The van der Waals surface area contributed by atoms with E-state index in [-0.39, 0.29) is 5.97 Å². The number of hydrogen-bond donors (Lipinski definition) is 1. The van der Waals surface area contributed by atoms with Gasteiger partial charge in [0.2, 0.25) is 0 Å². The van der Waals surface area contributed by atoms with Crippen LogP contribution < -0.4 is 5.73 Å². The van der Waals surface area contributed by atoms with Gasteiger partial charge in [-0.3, -0.25) is 4.79 Å². The van der Waals surface area contributed by atoms with E-state index in [9.17, 15) is 4.79 Å². The van der Waals surface area contributed by atoms with Crippen LogP contribution in [0.5, 0.6) is 0 Å². The molecule has 0 aliphatic heterocycles. The number of esters is 1. The minimum atomic E-state index is -0.668. The second-order valence-corrected chi connectivity index (χ2v) is 4.68. The number of imidazole rings is 1. The van der Waals surface area contributed by atoms with E-state index in [2.05, 4.69) is 24.9 Å². The number of carbonyl (C=O) groups excluding carboxylic acids is 1. The molecular weight excluding hydrogens is 242 g/mol. The minimum Gasteiger partial charge on any atom is -0.465 e. The second-order valence-electron chi connectivity index (χ2n) is 4.68. The predicted molar refractivity (Wildman–Crippen MR) is 73.8 cm³/mol. The molecule has 2 rings (SSSR count). The highest BCUT2D eigenvalue weighted by Gasteiger charge is 2.16. The lowest BCUT2D eigenvalue weighted by atomic mass is 10.1. The zero-order valence-corrected chi connectivity index (χ0v) is 11.5. The Hall–Kier alpha value is -1.88. The van der Waals surface area contributed by atoms with Crippen molar-refractivity contribution >= 4 is 17.0 Å². The lowest BCUT2D eigenvalue weighted by Crippen LogP contribution is -2.36. The van der Waals surface area contributed by atoms with Gasteiger partial charge in [0.25, 0.3) is 0 Å². The zero-order valence-electron chi connectivity index (χ0n) is 11.5. The van der Waals surface area contributed by atoms with Gasteiger partial charge in [-0.15, -0.1) is 0 Å². The Morgan fingerprint density at radius 1 is 1.42 bits per heavy atom. The second kappa shape index (κ2) is 5.40. The van der Waals surface area contributed by atoms with Gasteiger partial charge >= 0.3 is 5.97 Å². The summed E-state index contributed by atoms with van der Waals surface area (Å²) in [7, 11) is 0. The Balaban J connectivity index is 2.26. The number of aryl methyl sites for hydroxylation is 2. The van der Waals surface area contributed by atoms with E-state index in [0.29, 0.717) is 13.2 Å². The van der Waals surface area contributed by atoms with E-state index >= 15 is 0 Å². The normalized spacial score (nSPS) is 12.6. The summed E-state index contributed by atoms with van der Waals surface area (Å²) in [5.41, 5.74) is 10.1. The summed E-state index contributed by atoms with van der Waals surface area (Å²) in [6.45, 7) is 6.59. The number of nitrogens with zero attached hydrogens (tertiary/aromatic N) is 2. The summed E-state index contributed by atoms with van der Waals surface area (Å²) in [6.07, 6.45) is 1.71. The van der Waals surface area contributed by atoms with Crippen LogP contribution in [0.3, 0.4) is 0 Å². The monoisotopic (exact) mass is 261 g/mol. The van der Waals surface area contributed by atoms with Crippen molar-refractivity contribution in [2.75, 3.05) is 6.61 Å². The van der Waals surface area contributed by atoms with Crippen molar-refractivity contribution in [1.29, 1.82) is 0 Å². The van der Waals surface area contributed by atoms with Crippen molar-refractivity contribution < 1.29 is 9.53 Å². The maximum absolute atomic E-state index is 11.5. The quantitative estimate of drug-likeness (QED) is 0.848. The first kappa shape index (κ1) is 13.5. The molecule has 0 amide bonds. The fourth-order valence-corrected chi connectivity index (χ4v) is 1.99. The number of aromatic nitrogens is 2. The molecule has 2 aromatic rings. The molecule has 5 heteroatoms. The Morgan fingerprint density at radius 2 is 2.11 bits per heavy atom. The molecule has 0 saturated carbocycles. The lowest BCUT2D eigenvalue weighted by molar-refractivity contribution is -0.144. The van der Waals surface area contributed by atoms with Crippen LogP contribution in [0.4, 0.5) is 0 Å². The average molecular weight is 261 g/mol. The summed E-state index contributed by atoms with van der Waals surface area (Å²) in [5.74, 6) is -0.381. The lowest BCUT2D eigenvalue weighted by Gasteiger charge is -2.12. The van der Waals surface area contributed by atoms with Crippen LogP contribution in [0.25, 0.3) is 11.0 Å². The summed E-state index contributed by atoms with van der Waals surface area (Å²) in [4.78, 5) is 15.9. The fraction of sp³-hybridized carbons (Fsp3) is 0.429. The van der Waals surface area contributed by atoms with Crippen molar-refractivity contribution in [3.05, 3.63) is 29.6 Å². The van der Waals surface area contributed by atoms with E-state index in [1.54, 1.807) is 13.3 Å². The number of ether oxygens (including phenoxy) is 1. The topological polar surface area (TPSA) is 70.1 Å². The first-order valence-electron chi connectivity index (χ1n) is 6.37. The van der Waals surface area contributed by atoms with Gasteiger partial charge in [-0.25, -0.2) is 4.98 Å². The molecular formula is C14H19N3O2. The van der Waals surface area contributed by atoms with Gasteiger partial charge in [-0.1, -0.05) is 0 Å². The van der Waals surface area contributed by atoms with E-state index in [1.165, 1.54) is 11.1 Å². The van der Waals surface area contributed by atoms with E-state index in [0.717, 1.165) is 11.0 Å².